The lowest BCUT2D eigenvalue weighted by molar-refractivity contribution is 0.427. The average Bonchev–Trinajstić information content (AvgIpc) is 2.97. The third kappa shape index (κ3) is 2.65. The number of hydrogen-bond acceptors (Lipinski definition) is 4. The lowest BCUT2D eigenvalue weighted by Gasteiger charge is -2.22. The van der Waals surface area contributed by atoms with Crippen molar-refractivity contribution in [2.75, 3.05) is 13.1 Å². The summed E-state index contributed by atoms with van der Waals surface area (Å²) in [4.78, 5) is 0. The Morgan fingerprint density at radius 3 is 2.85 bits per heavy atom. The Hall–Kier alpha value is -2.32. The quantitative estimate of drug-likeness (QED) is 0.897. The number of aromatic nitrogens is 2. The van der Waals surface area contributed by atoms with Gasteiger partial charge in [-0.25, -0.2) is 0 Å². The van der Waals surface area contributed by atoms with Crippen molar-refractivity contribution in [1.29, 1.82) is 5.26 Å². The van der Waals surface area contributed by atoms with Gasteiger partial charge in [0.15, 0.2) is 5.75 Å². The molecule has 1 atom stereocenters. The highest BCUT2D eigenvalue weighted by atomic mass is 16.5. The van der Waals surface area contributed by atoms with E-state index in [0.717, 1.165) is 36.7 Å². The van der Waals surface area contributed by atoms with Gasteiger partial charge in [0, 0.05) is 12.5 Å². The third-order valence-corrected chi connectivity index (χ3v) is 3.55. The molecule has 1 aromatic heterocycles. The zero-order valence-electron chi connectivity index (χ0n) is 11.1. The summed E-state index contributed by atoms with van der Waals surface area (Å²) in [5, 5.41) is 19.3. The van der Waals surface area contributed by atoms with E-state index in [1.807, 2.05) is 0 Å². The number of nitrogens with zero attached hydrogens (tertiary/aromatic N) is 2. The van der Waals surface area contributed by atoms with E-state index in [1.54, 1.807) is 30.5 Å². The molecule has 5 heteroatoms. The number of nitrogens with one attached hydrogen (secondary N) is 2. The summed E-state index contributed by atoms with van der Waals surface area (Å²) in [6.07, 6.45) is 4.01. The standard InChI is InChI=1S/C15H16N4O/c16-8-11-3-5-13(6-4-11)20-14-10-18-19-15(14)12-2-1-7-17-9-12/h3-6,10,12,17H,1-2,7,9H2,(H,18,19). The van der Waals surface area contributed by atoms with Crippen LogP contribution in [0.4, 0.5) is 0 Å². The van der Waals surface area contributed by atoms with Gasteiger partial charge in [0.05, 0.1) is 23.5 Å². The highest BCUT2D eigenvalue weighted by Gasteiger charge is 2.21. The van der Waals surface area contributed by atoms with Crippen molar-refractivity contribution in [2.24, 2.45) is 0 Å². The first-order valence-electron chi connectivity index (χ1n) is 6.79. The minimum absolute atomic E-state index is 0.416. The van der Waals surface area contributed by atoms with Gasteiger partial charge in [0.25, 0.3) is 0 Å². The molecule has 1 aliphatic rings. The van der Waals surface area contributed by atoms with E-state index in [0.29, 0.717) is 11.5 Å². The molecule has 1 unspecified atom stereocenters. The molecular formula is C15H16N4O. The maximum atomic E-state index is 8.79. The number of benzene rings is 1. The second-order valence-electron chi connectivity index (χ2n) is 4.93. The fourth-order valence-electron chi connectivity index (χ4n) is 2.48. The highest BCUT2D eigenvalue weighted by Crippen LogP contribution is 2.32. The number of aromatic amines is 1. The van der Waals surface area contributed by atoms with Gasteiger partial charge in [-0.15, -0.1) is 0 Å². The zero-order valence-corrected chi connectivity index (χ0v) is 11.1. The molecular weight excluding hydrogens is 252 g/mol. The van der Waals surface area contributed by atoms with Crippen LogP contribution in [0.3, 0.4) is 0 Å². The molecule has 20 heavy (non-hydrogen) atoms. The Balaban J connectivity index is 1.77. The van der Waals surface area contributed by atoms with Crippen molar-refractivity contribution >= 4 is 0 Å². The maximum Gasteiger partial charge on any atom is 0.168 e. The van der Waals surface area contributed by atoms with E-state index in [1.165, 1.54) is 6.42 Å². The fourth-order valence-corrected chi connectivity index (χ4v) is 2.48. The van der Waals surface area contributed by atoms with E-state index in [2.05, 4.69) is 21.6 Å². The maximum absolute atomic E-state index is 8.79. The van der Waals surface area contributed by atoms with E-state index >= 15 is 0 Å². The number of H-pyrrole nitrogens is 1. The topological polar surface area (TPSA) is 73.7 Å². The predicted molar refractivity (Wildman–Crippen MR) is 74.7 cm³/mol. The molecule has 2 heterocycles. The summed E-state index contributed by atoms with van der Waals surface area (Å²) in [5.74, 6) is 1.90. The molecule has 0 spiro atoms. The molecule has 0 amide bonds. The number of hydrogen-bond donors (Lipinski definition) is 2. The normalized spacial score (nSPS) is 18.4. The first kappa shape index (κ1) is 12.7. The molecule has 0 aliphatic carbocycles. The fraction of sp³-hybridized carbons (Fsp3) is 0.333. The van der Waals surface area contributed by atoms with Crippen molar-refractivity contribution in [1.82, 2.24) is 15.5 Å². The Morgan fingerprint density at radius 2 is 2.15 bits per heavy atom. The number of nitriles is 1. The zero-order chi connectivity index (χ0) is 13.8. The summed E-state index contributed by atoms with van der Waals surface area (Å²) in [5.41, 5.74) is 1.67. The molecule has 1 saturated heterocycles. The monoisotopic (exact) mass is 268 g/mol. The van der Waals surface area contributed by atoms with Crippen LogP contribution in [0.5, 0.6) is 11.5 Å². The van der Waals surface area contributed by atoms with Crippen LogP contribution in [0.1, 0.15) is 30.0 Å². The Bertz CT molecular complexity index is 606. The molecule has 0 saturated carbocycles. The molecule has 0 radical (unpaired) electrons. The van der Waals surface area contributed by atoms with Crippen LogP contribution in [-0.2, 0) is 0 Å². The van der Waals surface area contributed by atoms with Crippen LogP contribution in [0.25, 0.3) is 0 Å². The summed E-state index contributed by atoms with van der Waals surface area (Å²) in [6, 6.07) is 9.19. The van der Waals surface area contributed by atoms with Crippen molar-refractivity contribution in [2.45, 2.75) is 18.8 Å². The van der Waals surface area contributed by atoms with Crippen LogP contribution < -0.4 is 10.1 Å². The van der Waals surface area contributed by atoms with Crippen LogP contribution >= 0.6 is 0 Å². The largest absolute Gasteiger partial charge is 0.454 e. The van der Waals surface area contributed by atoms with E-state index in [4.69, 9.17) is 10.00 Å². The highest BCUT2D eigenvalue weighted by molar-refractivity contribution is 5.38. The van der Waals surface area contributed by atoms with Gasteiger partial charge in [0.2, 0.25) is 0 Å². The first-order valence-corrected chi connectivity index (χ1v) is 6.79. The minimum Gasteiger partial charge on any atom is -0.454 e. The van der Waals surface area contributed by atoms with Gasteiger partial charge in [-0.3, -0.25) is 5.10 Å². The lowest BCUT2D eigenvalue weighted by atomic mass is 9.96. The van der Waals surface area contributed by atoms with Gasteiger partial charge >= 0.3 is 0 Å². The molecule has 1 fully saturated rings. The Morgan fingerprint density at radius 1 is 1.30 bits per heavy atom. The second kappa shape index (κ2) is 5.76. The smallest absolute Gasteiger partial charge is 0.168 e. The molecule has 0 bridgehead atoms. The van der Waals surface area contributed by atoms with Gasteiger partial charge in [-0.2, -0.15) is 10.4 Å². The minimum atomic E-state index is 0.416. The van der Waals surface area contributed by atoms with Crippen molar-refractivity contribution in [3.05, 3.63) is 41.7 Å². The molecule has 102 valence electrons. The van der Waals surface area contributed by atoms with Crippen LogP contribution in [0, 0.1) is 11.3 Å². The van der Waals surface area contributed by atoms with Gasteiger partial charge < -0.3 is 10.1 Å². The van der Waals surface area contributed by atoms with Crippen molar-refractivity contribution in [3.63, 3.8) is 0 Å². The SMILES string of the molecule is N#Cc1ccc(Oc2cn[nH]c2C2CCCNC2)cc1. The predicted octanol–water partition coefficient (Wildman–Crippen LogP) is 2.54. The van der Waals surface area contributed by atoms with Crippen LogP contribution in [0.2, 0.25) is 0 Å². The van der Waals surface area contributed by atoms with Gasteiger partial charge in [-0.05, 0) is 43.7 Å². The van der Waals surface area contributed by atoms with Gasteiger partial charge in [0.1, 0.15) is 5.75 Å². The lowest BCUT2D eigenvalue weighted by Crippen LogP contribution is -2.28. The van der Waals surface area contributed by atoms with E-state index in [-0.39, 0.29) is 0 Å². The Kier molecular flexibility index (Phi) is 3.66. The van der Waals surface area contributed by atoms with Crippen LogP contribution in [0.15, 0.2) is 30.5 Å². The van der Waals surface area contributed by atoms with E-state index < -0.39 is 0 Å². The molecule has 5 nitrogen and oxygen atoms in total. The average molecular weight is 268 g/mol. The van der Waals surface area contributed by atoms with E-state index in [9.17, 15) is 0 Å². The number of rotatable bonds is 3. The number of piperidine rings is 1. The van der Waals surface area contributed by atoms with Crippen LogP contribution in [-0.4, -0.2) is 23.3 Å². The summed E-state index contributed by atoms with van der Waals surface area (Å²) in [7, 11) is 0. The second-order valence-corrected chi connectivity index (χ2v) is 4.93. The summed E-state index contributed by atoms with van der Waals surface area (Å²) >= 11 is 0. The molecule has 2 N–H and O–H groups in total. The van der Waals surface area contributed by atoms with Crippen molar-refractivity contribution < 1.29 is 4.74 Å². The first-order chi connectivity index (χ1) is 9.86. The Labute approximate surface area is 117 Å². The van der Waals surface area contributed by atoms with Crippen molar-refractivity contribution in [3.8, 4) is 17.6 Å². The molecule has 1 aromatic carbocycles. The third-order valence-electron chi connectivity index (χ3n) is 3.55. The van der Waals surface area contributed by atoms with Gasteiger partial charge in [-0.1, -0.05) is 0 Å². The molecule has 1 aliphatic heterocycles. The summed E-state index contributed by atoms with van der Waals surface area (Å²) in [6.45, 7) is 2.03. The summed E-state index contributed by atoms with van der Waals surface area (Å²) < 4.78 is 5.87. The molecule has 3 rings (SSSR count). The number of ether oxygens (including phenoxy) is 1. The molecule has 2 aromatic rings.